The molecule has 1 aromatic heterocycles. The van der Waals surface area contributed by atoms with E-state index in [2.05, 4.69) is 5.32 Å². The Hall–Kier alpha value is -2.94. The Kier molecular flexibility index (Phi) is 6.82. The van der Waals surface area contributed by atoms with Crippen LogP contribution in [0.3, 0.4) is 0 Å². The minimum atomic E-state index is -1.21. The number of amides is 1. The van der Waals surface area contributed by atoms with Crippen molar-refractivity contribution < 1.29 is 29.6 Å². The quantitative estimate of drug-likeness (QED) is 0.449. The van der Waals surface area contributed by atoms with Gasteiger partial charge in [-0.1, -0.05) is 42.5 Å². The highest BCUT2D eigenvalue weighted by Crippen LogP contribution is 2.33. The number of alkyl carbamates (subject to hydrolysis) is 1. The van der Waals surface area contributed by atoms with Crippen LogP contribution in [0, 0.1) is 0 Å². The van der Waals surface area contributed by atoms with Gasteiger partial charge in [-0.3, -0.25) is 0 Å². The molecule has 2 atom stereocenters. The van der Waals surface area contributed by atoms with Crippen molar-refractivity contribution in [3.63, 3.8) is 0 Å². The fourth-order valence-corrected chi connectivity index (χ4v) is 3.84. The average Bonchev–Trinajstić information content (AvgIpc) is 3.17. The molecule has 0 radical (unpaired) electrons. The highest BCUT2D eigenvalue weighted by Gasteiger charge is 2.22. The summed E-state index contributed by atoms with van der Waals surface area (Å²) >= 11 is 1.11. The summed E-state index contributed by atoms with van der Waals surface area (Å²) < 4.78 is 5.81. The molecule has 7 nitrogen and oxygen atoms in total. The maximum atomic E-state index is 11.7. The second-order valence-electron chi connectivity index (χ2n) is 6.46. The first kappa shape index (κ1) is 20.8. The lowest BCUT2D eigenvalue weighted by Crippen LogP contribution is -2.29. The van der Waals surface area contributed by atoms with E-state index in [0.29, 0.717) is 15.6 Å². The first-order valence-electron chi connectivity index (χ1n) is 9.02. The van der Waals surface area contributed by atoms with Crippen LogP contribution in [0.1, 0.15) is 33.3 Å². The lowest BCUT2D eigenvalue weighted by Gasteiger charge is -2.19. The third kappa shape index (κ3) is 5.32. The SMILES string of the molecule is O=C(NCCC(O)C(O)c1cccc2sc(C(=O)O)cc12)OCc1ccccc1. The van der Waals surface area contributed by atoms with Crippen molar-refractivity contribution in [1.29, 1.82) is 0 Å². The average molecular weight is 415 g/mol. The van der Waals surface area contributed by atoms with Crippen LogP contribution in [0.4, 0.5) is 4.79 Å². The van der Waals surface area contributed by atoms with Gasteiger partial charge in [0.05, 0.1) is 6.10 Å². The number of aliphatic hydroxyl groups excluding tert-OH is 2. The molecule has 4 N–H and O–H groups in total. The molecule has 2 aromatic carbocycles. The van der Waals surface area contributed by atoms with Gasteiger partial charge in [-0.05, 0) is 35.1 Å². The zero-order chi connectivity index (χ0) is 20.8. The molecule has 2 unspecified atom stereocenters. The van der Waals surface area contributed by atoms with E-state index < -0.39 is 24.3 Å². The summed E-state index contributed by atoms with van der Waals surface area (Å²) in [6.45, 7) is 0.260. The summed E-state index contributed by atoms with van der Waals surface area (Å²) in [5.74, 6) is -1.04. The number of benzene rings is 2. The number of fused-ring (bicyclic) bond motifs is 1. The normalized spacial score (nSPS) is 13.0. The number of aliphatic hydroxyl groups is 2. The summed E-state index contributed by atoms with van der Waals surface area (Å²) in [4.78, 5) is 23.1. The Morgan fingerprint density at radius 3 is 2.55 bits per heavy atom. The van der Waals surface area contributed by atoms with Gasteiger partial charge in [-0.25, -0.2) is 9.59 Å². The van der Waals surface area contributed by atoms with Gasteiger partial charge in [0, 0.05) is 11.2 Å². The van der Waals surface area contributed by atoms with Crippen LogP contribution < -0.4 is 5.32 Å². The zero-order valence-corrected chi connectivity index (χ0v) is 16.3. The van der Waals surface area contributed by atoms with Crippen molar-refractivity contribution in [2.75, 3.05) is 6.54 Å². The van der Waals surface area contributed by atoms with E-state index in [-0.39, 0.29) is 24.4 Å². The summed E-state index contributed by atoms with van der Waals surface area (Å²) in [7, 11) is 0. The molecular formula is C21H21NO6S. The fraction of sp³-hybridized carbons (Fsp3) is 0.238. The molecule has 3 aromatic rings. The molecular weight excluding hydrogens is 394 g/mol. The molecule has 3 rings (SSSR count). The number of thiophene rings is 1. The number of carboxylic acids is 1. The van der Waals surface area contributed by atoms with Gasteiger partial charge in [0.15, 0.2) is 0 Å². The third-order valence-corrected chi connectivity index (χ3v) is 5.50. The molecule has 0 fully saturated rings. The van der Waals surface area contributed by atoms with Crippen molar-refractivity contribution in [3.8, 4) is 0 Å². The zero-order valence-electron chi connectivity index (χ0n) is 15.4. The standard InChI is InChI=1S/C21H21NO6S/c23-16(9-10-22-21(27)28-12-13-5-2-1-3-6-13)19(24)14-7-4-8-17-15(14)11-18(29-17)20(25)26/h1-8,11,16,19,23-24H,9-10,12H2,(H,22,27)(H,25,26). The largest absolute Gasteiger partial charge is 0.477 e. The Balaban J connectivity index is 1.53. The molecule has 29 heavy (non-hydrogen) atoms. The number of nitrogens with one attached hydrogen (secondary N) is 1. The smallest absolute Gasteiger partial charge is 0.407 e. The van der Waals surface area contributed by atoms with Gasteiger partial charge >= 0.3 is 12.1 Å². The maximum Gasteiger partial charge on any atom is 0.407 e. The molecule has 1 amide bonds. The van der Waals surface area contributed by atoms with E-state index in [0.717, 1.165) is 16.9 Å². The minimum Gasteiger partial charge on any atom is -0.477 e. The van der Waals surface area contributed by atoms with E-state index in [1.165, 1.54) is 6.07 Å². The van der Waals surface area contributed by atoms with E-state index in [1.807, 2.05) is 30.3 Å². The predicted molar refractivity (Wildman–Crippen MR) is 109 cm³/mol. The number of aromatic carboxylic acids is 1. The third-order valence-electron chi connectivity index (χ3n) is 4.41. The van der Waals surface area contributed by atoms with Gasteiger partial charge in [0.2, 0.25) is 0 Å². The lowest BCUT2D eigenvalue weighted by atomic mass is 9.99. The summed E-state index contributed by atoms with van der Waals surface area (Å²) in [5, 5.41) is 33.1. The highest BCUT2D eigenvalue weighted by molar-refractivity contribution is 7.20. The van der Waals surface area contributed by atoms with Crippen molar-refractivity contribution >= 4 is 33.5 Å². The van der Waals surface area contributed by atoms with E-state index in [9.17, 15) is 19.8 Å². The first-order valence-corrected chi connectivity index (χ1v) is 9.84. The second-order valence-corrected chi connectivity index (χ2v) is 7.55. The van der Waals surface area contributed by atoms with Gasteiger partial charge < -0.3 is 25.4 Å². The molecule has 8 heteroatoms. The molecule has 0 aliphatic rings. The van der Waals surface area contributed by atoms with E-state index in [4.69, 9.17) is 9.84 Å². The van der Waals surface area contributed by atoms with Crippen LogP contribution in [-0.4, -0.2) is 40.0 Å². The van der Waals surface area contributed by atoms with E-state index >= 15 is 0 Å². The van der Waals surface area contributed by atoms with Crippen molar-refractivity contribution in [2.24, 2.45) is 0 Å². The number of hydrogen-bond donors (Lipinski definition) is 4. The Morgan fingerprint density at radius 1 is 1.07 bits per heavy atom. The monoisotopic (exact) mass is 415 g/mol. The van der Waals surface area contributed by atoms with Gasteiger partial charge in [-0.15, -0.1) is 11.3 Å². The molecule has 1 heterocycles. The predicted octanol–water partition coefficient (Wildman–Crippen LogP) is 3.31. The van der Waals surface area contributed by atoms with Crippen LogP contribution in [0.2, 0.25) is 0 Å². The van der Waals surface area contributed by atoms with Crippen molar-refractivity contribution in [1.82, 2.24) is 5.32 Å². The Morgan fingerprint density at radius 2 is 1.83 bits per heavy atom. The van der Waals surface area contributed by atoms with Crippen LogP contribution in [0.5, 0.6) is 0 Å². The molecule has 152 valence electrons. The molecule has 0 spiro atoms. The molecule has 0 aliphatic carbocycles. The number of rotatable bonds is 8. The molecule has 0 aliphatic heterocycles. The number of carbonyl (C=O) groups excluding carboxylic acids is 1. The lowest BCUT2D eigenvalue weighted by molar-refractivity contribution is 0.0145. The van der Waals surface area contributed by atoms with Gasteiger partial charge in [0.25, 0.3) is 0 Å². The van der Waals surface area contributed by atoms with Crippen LogP contribution in [0.25, 0.3) is 10.1 Å². The van der Waals surface area contributed by atoms with Crippen molar-refractivity contribution in [2.45, 2.75) is 25.2 Å². The minimum absolute atomic E-state index is 0.105. The van der Waals surface area contributed by atoms with Crippen LogP contribution >= 0.6 is 11.3 Å². The number of ether oxygens (including phenoxy) is 1. The fourth-order valence-electron chi connectivity index (χ4n) is 2.91. The van der Waals surface area contributed by atoms with Gasteiger partial charge in [0.1, 0.15) is 17.6 Å². The molecule has 0 saturated heterocycles. The first-order chi connectivity index (χ1) is 14.0. The number of carbonyl (C=O) groups is 2. The van der Waals surface area contributed by atoms with Gasteiger partial charge in [-0.2, -0.15) is 0 Å². The maximum absolute atomic E-state index is 11.7. The summed E-state index contributed by atoms with van der Waals surface area (Å²) in [6, 6.07) is 15.9. The van der Waals surface area contributed by atoms with Crippen LogP contribution in [0.15, 0.2) is 54.6 Å². The second kappa shape index (κ2) is 9.51. The Labute approximate surface area is 171 Å². The van der Waals surface area contributed by atoms with E-state index in [1.54, 1.807) is 18.2 Å². The van der Waals surface area contributed by atoms with Crippen LogP contribution in [-0.2, 0) is 11.3 Å². The van der Waals surface area contributed by atoms with Crippen molar-refractivity contribution in [3.05, 3.63) is 70.6 Å². The highest BCUT2D eigenvalue weighted by atomic mass is 32.1. The summed E-state index contributed by atoms with van der Waals surface area (Å²) in [5.41, 5.74) is 1.31. The number of hydrogen-bond acceptors (Lipinski definition) is 6. The topological polar surface area (TPSA) is 116 Å². The molecule has 0 bridgehead atoms. The Bertz CT molecular complexity index is 987. The number of carboxylic acid groups (broad SMARTS) is 1. The molecule has 0 saturated carbocycles. The summed E-state index contributed by atoms with van der Waals surface area (Å²) in [6.07, 6.45) is -2.85.